The highest BCUT2D eigenvalue weighted by atomic mass is 32.2. The number of nitrogens with zero attached hydrogens (tertiary/aromatic N) is 2. The van der Waals surface area contributed by atoms with Gasteiger partial charge in [-0.1, -0.05) is 6.42 Å². The van der Waals surface area contributed by atoms with Crippen LogP contribution in [0.1, 0.15) is 25.0 Å². The molecular weight excluding hydrogens is 220 g/mol. The lowest BCUT2D eigenvalue weighted by Crippen LogP contribution is -2.27. The van der Waals surface area contributed by atoms with E-state index in [4.69, 9.17) is 5.73 Å². The van der Waals surface area contributed by atoms with Crippen molar-refractivity contribution in [3.63, 3.8) is 0 Å². The van der Waals surface area contributed by atoms with Crippen LogP contribution in [0.25, 0.3) is 0 Å². The molecular formula is C11H20N4S. The molecule has 0 saturated heterocycles. The van der Waals surface area contributed by atoms with Crippen LogP contribution < -0.4 is 11.1 Å². The fourth-order valence-corrected chi connectivity index (χ4v) is 3.33. The Hall–Kier alpha value is -0.840. The number of thioether (sulfide) groups is 1. The van der Waals surface area contributed by atoms with Crippen LogP contribution >= 0.6 is 11.8 Å². The predicted molar refractivity (Wildman–Crippen MR) is 70.9 cm³/mol. The first kappa shape index (κ1) is 11.6. The zero-order chi connectivity index (χ0) is 11.7. The van der Waals surface area contributed by atoms with Crippen molar-refractivity contribution >= 4 is 23.3 Å². The fraction of sp³-hybridized carbons (Fsp3) is 0.727. The minimum atomic E-state index is 0.534. The Balaban J connectivity index is 2.14. The summed E-state index contributed by atoms with van der Waals surface area (Å²) in [5.41, 5.74) is 7.71. The molecule has 1 saturated carbocycles. The van der Waals surface area contributed by atoms with Crippen molar-refractivity contribution < 1.29 is 0 Å². The van der Waals surface area contributed by atoms with Gasteiger partial charge in [0.25, 0.3) is 0 Å². The minimum absolute atomic E-state index is 0.534. The molecule has 0 spiro atoms. The summed E-state index contributed by atoms with van der Waals surface area (Å²) in [6.07, 6.45) is 6.02. The highest BCUT2D eigenvalue weighted by Gasteiger charge is 2.27. The third-order valence-corrected chi connectivity index (χ3v) is 4.52. The molecule has 0 amide bonds. The first-order chi connectivity index (χ1) is 7.63. The summed E-state index contributed by atoms with van der Waals surface area (Å²) in [6.45, 7) is 1.95. The van der Waals surface area contributed by atoms with E-state index in [0.717, 1.165) is 17.2 Å². The van der Waals surface area contributed by atoms with Gasteiger partial charge in [0.15, 0.2) is 0 Å². The first-order valence-electron chi connectivity index (χ1n) is 5.72. The summed E-state index contributed by atoms with van der Waals surface area (Å²) >= 11 is 1.95. The van der Waals surface area contributed by atoms with Crippen LogP contribution in [0.2, 0.25) is 0 Å². The van der Waals surface area contributed by atoms with E-state index in [9.17, 15) is 0 Å². The molecule has 3 N–H and O–H groups in total. The molecule has 0 radical (unpaired) electrons. The highest BCUT2D eigenvalue weighted by molar-refractivity contribution is 7.99. The van der Waals surface area contributed by atoms with Crippen molar-refractivity contribution in [2.45, 2.75) is 37.5 Å². The summed E-state index contributed by atoms with van der Waals surface area (Å²) < 4.78 is 1.85. The van der Waals surface area contributed by atoms with Crippen LogP contribution in [-0.2, 0) is 7.05 Å². The zero-order valence-corrected chi connectivity index (χ0v) is 11.0. The molecule has 2 unspecified atom stereocenters. The Bertz CT molecular complexity index is 374. The Labute approximate surface area is 101 Å². The van der Waals surface area contributed by atoms with Gasteiger partial charge in [-0.2, -0.15) is 16.9 Å². The monoisotopic (exact) mass is 240 g/mol. The summed E-state index contributed by atoms with van der Waals surface area (Å²) in [7, 11) is 1.94. The fourth-order valence-electron chi connectivity index (χ4n) is 2.39. The lowest BCUT2D eigenvalue weighted by atomic mass is 10.2. The van der Waals surface area contributed by atoms with Gasteiger partial charge >= 0.3 is 0 Å². The van der Waals surface area contributed by atoms with Crippen molar-refractivity contribution in [3.8, 4) is 0 Å². The normalized spacial score (nSPS) is 24.9. The summed E-state index contributed by atoms with van der Waals surface area (Å²) in [6, 6.07) is 0.534. The number of aromatic nitrogens is 2. The molecule has 2 atom stereocenters. The lowest BCUT2D eigenvalue weighted by molar-refractivity contribution is 0.715. The molecule has 1 heterocycles. The number of anilines is 2. The van der Waals surface area contributed by atoms with Crippen LogP contribution in [0.15, 0.2) is 0 Å². The standard InChI is InChI=1S/C11H20N4S/c1-7-10(12)11(15(2)14-7)13-8-5-4-6-9(8)16-3/h8-9,13H,4-6,12H2,1-3H3. The number of nitrogens with two attached hydrogens (primary N) is 1. The molecule has 1 aliphatic rings. The first-order valence-corrected chi connectivity index (χ1v) is 7.00. The number of nitrogens with one attached hydrogen (secondary N) is 1. The Morgan fingerprint density at radius 3 is 2.81 bits per heavy atom. The minimum Gasteiger partial charge on any atom is -0.394 e. The summed E-state index contributed by atoms with van der Waals surface area (Å²) in [5.74, 6) is 0.975. The van der Waals surface area contributed by atoms with Crippen molar-refractivity contribution in [2.75, 3.05) is 17.3 Å². The second kappa shape index (κ2) is 4.57. The largest absolute Gasteiger partial charge is 0.394 e. The van der Waals surface area contributed by atoms with E-state index in [1.807, 2.05) is 30.4 Å². The van der Waals surface area contributed by atoms with Crippen LogP contribution in [0.3, 0.4) is 0 Å². The SMILES string of the molecule is CSC1CCCC1Nc1c(N)c(C)nn1C. The van der Waals surface area contributed by atoms with Crippen molar-refractivity contribution in [1.82, 2.24) is 9.78 Å². The summed E-state index contributed by atoms with van der Waals surface area (Å²) in [4.78, 5) is 0. The van der Waals surface area contributed by atoms with Gasteiger partial charge in [-0.3, -0.25) is 4.68 Å². The van der Waals surface area contributed by atoms with Gasteiger partial charge in [0, 0.05) is 18.3 Å². The van der Waals surface area contributed by atoms with E-state index in [0.29, 0.717) is 11.3 Å². The molecule has 1 fully saturated rings. The number of nitrogen functional groups attached to an aromatic ring is 1. The van der Waals surface area contributed by atoms with E-state index in [1.54, 1.807) is 0 Å². The quantitative estimate of drug-likeness (QED) is 0.848. The number of hydrogen-bond donors (Lipinski definition) is 2. The van der Waals surface area contributed by atoms with Crippen LogP contribution in [-0.4, -0.2) is 27.3 Å². The molecule has 1 aromatic heterocycles. The molecule has 4 nitrogen and oxygen atoms in total. The molecule has 5 heteroatoms. The summed E-state index contributed by atoms with van der Waals surface area (Å²) in [5, 5.41) is 8.58. The van der Waals surface area contributed by atoms with Gasteiger partial charge in [-0.05, 0) is 26.0 Å². The molecule has 90 valence electrons. The van der Waals surface area contributed by atoms with Gasteiger partial charge in [0.05, 0.1) is 11.4 Å². The molecule has 0 bridgehead atoms. The van der Waals surface area contributed by atoms with E-state index in [-0.39, 0.29) is 0 Å². The van der Waals surface area contributed by atoms with E-state index in [1.165, 1.54) is 19.3 Å². The molecule has 16 heavy (non-hydrogen) atoms. The lowest BCUT2D eigenvalue weighted by Gasteiger charge is -2.20. The smallest absolute Gasteiger partial charge is 0.148 e. The van der Waals surface area contributed by atoms with Gasteiger partial charge in [-0.25, -0.2) is 0 Å². The predicted octanol–water partition coefficient (Wildman–Crippen LogP) is 2.01. The van der Waals surface area contributed by atoms with Gasteiger partial charge < -0.3 is 11.1 Å². The molecule has 0 aliphatic heterocycles. The van der Waals surface area contributed by atoms with Crippen molar-refractivity contribution in [1.29, 1.82) is 0 Å². The number of aryl methyl sites for hydroxylation is 2. The van der Waals surface area contributed by atoms with Crippen LogP contribution in [0.4, 0.5) is 11.5 Å². The maximum absolute atomic E-state index is 6.02. The van der Waals surface area contributed by atoms with Gasteiger partial charge in [0.2, 0.25) is 0 Å². The highest BCUT2D eigenvalue weighted by Crippen LogP contribution is 2.32. The Kier molecular flexibility index (Phi) is 3.33. The van der Waals surface area contributed by atoms with E-state index in [2.05, 4.69) is 16.7 Å². The molecule has 1 aromatic rings. The number of rotatable bonds is 3. The van der Waals surface area contributed by atoms with E-state index >= 15 is 0 Å². The molecule has 0 aromatic carbocycles. The van der Waals surface area contributed by atoms with Crippen molar-refractivity contribution in [2.24, 2.45) is 7.05 Å². The maximum atomic E-state index is 6.02. The Morgan fingerprint density at radius 1 is 1.50 bits per heavy atom. The number of hydrogen-bond acceptors (Lipinski definition) is 4. The topological polar surface area (TPSA) is 55.9 Å². The van der Waals surface area contributed by atoms with Gasteiger partial charge in [-0.15, -0.1) is 0 Å². The average Bonchev–Trinajstić information content (AvgIpc) is 2.79. The van der Waals surface area contributed by atoms with Crippen molar-refractivity contribution in [3.05, 3.63) is 5.69 Å². The van der Waals surface area contributed by atoms with Crippen LogP contribution in [0, 0.1) is 6.92 Å². The van der Waals surface area contributed by atoms with E-state index < -0.39 is 0 Å². The zero-order valence-electron chi connectivity index (χ0n) is 10.2. The average molecular weight is 240 g/mol. The maximum Gasteiger partial charge on any atom is 0.148 e. The third kappa shape index (κ3) is 2.00. The second-order valence-corrected chi connectivity index (χ2v) is 5.50. The van der Waals surface area contributed by atoms with Crippen LogP contribution in [0.5, 0.6) is 0 Å². The Morgan fingerprint density at radius 2 is 2.25 bits per heavy atom. The molecule has 1 aliphatic carbocycles. The van der Waals surface area contributed by atoms with Gasteiger partial charge in [0.1, 0.15) is 5.82 Å². The second-order valence-electron chi connectivity index (χ2n) is 4.43. The third-order valence-electron chi connectivity index (χ3n) is 3.35. The molecule has 2 rings (SSSR count).